The SMILES string of the molecule is Cn1nnc(C2CN(C(=O)c3ccc4nnc(-c5cccn5C)n4c3)CCO2)n1. The molecule has 1 saturated heterocycles. The van der Waals surface area contributed by atoms with Gasteiger partial charge in [0.1, 0.15) is 6.10 Å². The number of carbonyl (C=O) groups is 1. The summed E-state index contributed by atoms with van der Waals surface area (Å²) in [5.74, 6) is 1.08. The van der Waals surface area contributed by atoms with Crippen LogP contribution in [0.15, 0.2) is 36.7 Å². The van der Waals surface area contributed by atoms with Crippen LogP contribution in [-0.2, 0) is 18.8 Å². The summed E-state index contributed by atoms with van der Waals surface area (Å²) in [6.45, 7) is 1.29. The Kier molecular flexibility index (Phi) is 4.09. The number of nitrogens with zero attached hydrogens (tertiary/aromatic N) is 9. The van der Waals surface area contributed by atoms with Gasteiger partial charge in [0, 0.05) is 26.0 Å². The van der Waals surface area contributed by atoms with Gasteiger partial charge >= 0.3 is 0 Å². The molecule has 4 aromatic rings. The maximum atomic E-state index is 13.2. The van der Waals surface area contributed by atoms with Crippen molar-refractivity contribution in [1.82, 2.24) is 44.3 Å². The highest BCUT2D eigenvalue weighted by atomic mass is 16.5. The molecule has 0 spiro atoms. The van der Waals surface area contributed by atoms with Gasteiger partial charge in [-0.15, -0.1) is 20.4 Å². The zero-order valence-corrected chi connectivity index (χ0v) is 16.0. The van der Waals surface area contributed by atoms with E-state index in [4.69, 9.17) is 4.74 Å². The Balaban J connectivity index is 1.44. The molecule has 148 valence electrons. The van der Waals surface area contributed by atoms with Crippen molar-refractivity contribution in [3.8, 4) is 11.5 Å². The third kappa shape index (κ3) is 3.05. The minimum Gasteiger partial charge on any atom is -0.366 e. The molecule has 0 N–H and O–H groups in total. The van der Waals surface area contributed by atoms with Crippen molar-refractivity contribution in [2.75, 3.05) is 19.7 Å². The summed E-state index contributed by atoms with van der Waals surface area (Å²) in [4.78, 5) is 16.3. The quantitative estimate of drug-likeness (QED) is 0.498. The van der Waals surface area contributed by atoms with E-state index in [0.717, 1.165) is 5.69 Å². The summed E-state index contributed by atoms with van der Waals surface area (Å²) < 4.78 is 9.53. The van der Waals surface area contributed by atoms with Gasteiger partial charge in [0.15, 0.2) is 11.5 Å². The molecule has 1 aliphatic heterocycles. The first-order chi connectivity index (χ1) is 14.1. The number of aryl methyl sites for hydroxylation is 2. The number of hydrogen-bond donors (Lipinski definition) is 0. The summed E-state index contributed by atoms with van der Waals surface area (Å²) in [6, 6.07) is 7.48. The number of carbonyl (C=O) groups excluding carboxylic acids is 1. The molecule has 0 radical (unpaired) electrons. The van der Waals surface area contributed by atoms with E-state index in [2.05, 4.69) is 25.6 Å². The lowest BCUT2D eigenvalue weighted by Gasteiger charge is -2.31. The fourth-order valence-electron chi connectivity index (χ4n) is 3.49. The first kappa shape index (κ1) is 17.5. The average Bonchev–Trinajstić information content (AvgIpc) is 3.46. The topological polar surface area (TPSA) is 108 Å². The van der Waals surface area contributed by atoms with E-state index in [1.165, 1.54) is 4.80 Å². The Morgan fingerprint density at radius 3 is 2.83 bits per heavy atom. The summed E-state index contributed by atoms with van der Waals surface area (Å²) in [7, 11) is 3.64. The molecule has 5 rings (SSSR count). The number of morpholine rings is 1. The minimum atomic E-state index is -0.390. The standard InChI is InChI=1S/C18H19N9O2/c1-24-7-3-4-13(24)17-21-19-15-6-5-12(10-27(15)17)18(28)26-8-9-29-14(11-26)16-20-23-25(2)22-16/h3-7,10,14H,8-9,11H2,1-2H3. The number of hydrogen-bond acceptors (Lipinski definition) is 7. The molecule has 1 unspecified atom stereocenters. The fraction of sp³-hybridized carbons (Fsp3) is 0.333. The highest BCUT2D eigenvalue weighted by Crippen LogP contribution is 2.22. The summed E-state index contributed by atoms with van der Waals surface area (Å²) in [6.07, 6.45) is 3.34. The highest BCUT2D eigenvalue weighted by Gasteiger charge is 2.29. The summed E-state index contributed by atoms with van der Waals surface area (Å²) in [5, 5.41) is 20.5. The predicted molar refractivity (Wildman–Crippen MR) is 101 cm³/mol. The highest BCUT2D eigenvalue weighted by molar-refractivity contribution is 5.94. The van der Waals surface area contributed by atoms with Crippen molar-refractivity contribution in [3.63, 3.8) is 0 Å². The van der Waals surface area contributed by atoms with Crippen LogP contribution in [0.25, 0.3) is 17.2 Å². The predicted octanol–water partition coefficient (Wildman–Crippen LogP) is 0.472. The molecule has 11 heteroatoms. The van der Waals surface area contributed by atoms with E-state index >= 15 is 0 Å². The Morgan fingerprint density at radius 2 is 2.07 bits per heavy atom. The smallest absolute Gasteiger partial charge is 0.255 e. The number of amides is 1. The zero-order valence-electron chi connectivity index (χ0n) is 16.0. The van der Waals surface area contributed by atoms with Crippen LogP contribution in [-0.4, -0.2) is 69.9 Å². The Morgan fingerprint density at radius 1 is 1.17 bits per heavy atom. The summed E-state index contributed by atoms with van der Waals surface area (Å²) >= 11 is 0. The molecule has 0 aromatic carbocycles. The molecule has 1 amide bonds. The van der Waals surface area contributed by atoms with E-state index < -0.39 is 0 Å². The first-order valence-electron chi connectivity index (χ1n) is 9.21. The van der Waals surface area contributed by atoms with Crippen LogP contribution in [0, 0.1) is 0 Å². The number of ether oxygens (including phenoxy) is 1. The molecule has 1 fully saturated rings. The number of aromatic nitrogens is 8. The zero-order chi connectivity index (χ0) is 20.0. The first-order valence-corrected chi connectivity index (χ1v) is 9.21. The molecular formula is C18H19N9O2. The lowest BCUT2D eigenvalue weighted by Crippen LogP contribution is -2.42. The Labute approximate surface area is 165 Å². The van der Waals surface area contributed by atoms with E-state index in [0.29, 0.717) is 42.6 Å². The average molecular weight is 393 g/mol. The van der Waals surface area contributed by atoms with Gasteiger partial charge in [-0.1, -0.05) is 0 Å². The van der Waals surface area contributed by atoms with E-state index in [-0.39, 0.29) is 12.0 Å². The Hall–Kier alpha value is -3.60. The maximum absolute atomic E-state index is 13.2. The van der Waals surface area contributed by atoms with Crippen LogP contribution in [0.4, 0.5) is 0 Å². The lowest BCUT2D eigenvalue weighted by molar-refractivity contribution is -0.0269. The van der Waals surface area contributed by atoms with Gasteiger partial charge in [-0.2, -0.15) is 4.80 Å². The van der Waals surface area contributed by atoms with Crippen LogP contribution in [0.2, 0.25) is 0 Å². The molecule has 4 aromatic heterocycles. The third-order valence-corrected chi connectivity index (χ3v) is 4.99. The van der Waals surface area contributed by atoms with Crippen LogP contribution in [0.5, 0.6) is 0 Å². The van der Waals surface area contributed by atoms with E-state index in [1.807, 2.05) is 34.3 Å². The van der Waals surface area contributed by atoms with Crippen LogP contribution in [0.1, 0.15) is 22.3 Å². The molecule has 5 heterocycles. The van der Waals surface area contributed by atoms with Crippen LogP contribution in [0.3, 0.4) is 0 Å². The largest absolute Gasteiger partial charge is 0.366 e. The van der Waals surface area contributed by atoms with Crippen LogP contribution >= 0.6 is 0 Å². The number of fused-ring (bicyclic) bond motifs is 1. The van der Waals surface area contributed by atoms with E-state index in [1.54, 1.807) is 30.3 Å². The normalized spacial score (nSPS) is 17.2. The van der Waals surface area contributed by atoms with Crippen molar-refractivity contribution in [2.24, 2.45) is 14.1 Å². The number of pyridine rings is 1. The Bertz CT molecular complexity index is 1190. The second-order valence-corrected chi connectivity index (χ2v) is 6.92. The van der Waals surface area contributed by atoms with E-state index in [9.17, 15) is 4.79 Å². The molecule has 0 saturated carbocycles. The molecule has 0 aliphatic carbocycles. The lowest BCUT2D eigenvalue weighted by atomic mass is 10.2. The maximum Gasteiger partial charge on any atom is 0.255 e. The molecular weight excluding hydrogens is 374 g/mol. The monoisotopic (exact) mass is 393 g/mol. The minimum absolute atomic E-state index is 0.0874. The second kappa shape index (κ2) is 6.78. The van der Waals surface area contributed by atoms with Gasteiger partial charge < -0.3 is 14.2 Å². The van der Waals surface area contributed by atoms with Gasteiger partial charge in [-0.3, -0.25) is 9.20 Å². The van der Waals surface area contributed by atoms with Crippen LogP contribution < -0.4 is 0 Å². The van der Waals surface area contributed by atoms with Gasteiger partial charge in [0.2, 0.25) is 5.82 Å². The number of rotatable bonds is 3. The second-order valence-electron chi connectivity index (χ2n) is 6.92. The van der Waals surface area contributed by atoms with Gasteiger partial charge in [-0.25, -0.2) is 0 Å². The number of tetrazole rings is 1. The van der Waals surface area contributed by atoms with Crippen molar-refractivity contribution < 1.29 is 9.53 Å². The molecule has 1 aliphatic rings. The van der Waals surface area contributed by atoms with Gasteiger partial charge in [-0.05, 0) is 29.5 Å². The van der Waals surface area contributed by atoms with Crippen molar-refractivity contribution in [2.45, 2.75) is 6.10 Å². The van der Waals surface area contributed by atoms with Crippen molar-refractivity contribution in [3.05, 3.63) is 48.0 Å². The molecule has 1 atom stereocenters. The van der Waals surface area contributed by atoms with Gasteiger partial charge in [0.05, 0.1) is 31.5 Å². The van der Waals surface area contributed by atoms with Gasteiger partial charge in [0.25, 0.3) is 5.91 Å². The van der Waals surface area contributed by atoms with Crippen molar-refractivity contribution in [1.29, 1.82) is 0 Å². The molecule has 29 heavy (non-hydrogen) atoms. The van der Waals surface area contributed by atoms with Crippen molar-refractivity contribution >= 4 is 11.6 Å². The third-order valence-electron chi connectivity index (χ3n) is 4.99. The summed E-state index contributed by atoms with van der Waals surface area (Å²) in [5.41, 5.74) is 2.16. The molecule has 0 bridgehead atoms. The molecule has 11 nitrogen and oxygen atoms in total. The fourth-order valence-corrected chi connectivity index (χ4v) is 3.49.